The number of halogens is 3. The van der Waals surface area contributed by atoms with Gasteiger partial charge in [0, 0.05) is 22.5 Å². The zero-order valence-corrected chi connectivity index (χ0v) is 20.5. The molecule has 0 aliphatic carbocycles. The molecule has 0 saturated carbocycles. The van der Waals surface area contributed by atoms with Crippen LogP contribution < -0.4 is 10.1 Å². The Labute approximate surface area is 204 Å². The van der Waals surface area contributed by atoms with Crippen LogP contribution >= 0.6 is 34.8 Å². The third kappa shape index (κ3) is 6.19. The summed E-state index contributed by atoms with van der Waals surface area (Å²) in [6.07, 6.45) is 0. The zero-order chi connectivity index (χ0) is 23.3. The molecule has 3 nitrogen and oxygen atoms in total. The maximum absolute atomic E-state index is 13.1. The summed E-state index contributed by atoms with van der Waals surface area (Å²) < 4.78 is 5.93. The van der Waals surface area contributed by atoms with Gasteiger partial charge in [-0.25, -0.2) is 0 Å². The van der Waals surface area contributed by atoms with Gasteiger partial charge >= 0.3 is 0 Å². The molecule has 0 heterocycles. The molecule has 0 radical (unpaired) electrons. The first-order chi connectivity index (χ1) is 15.2. The summed E-state index contributed by atoms with van der Waals surface area (Å²) in [5.41, 5.74) is 1.12. The molecule has 0 saturated heterocycles. The van der Waals surface area contributed by atoms with Gasteiger partial charge in [0.15, 0.2) is 5.60 Å². The predicted octanol–water partition coefficient (Wildman–Crippen LogP) is 7.51. The van der Waals surface area contributed by atoms with Crippen LogP contribution in [0.15, 0.2) is 72.8 Å². The molecule has 168 valence electrons. The van der Waals surface area contributed by atoms with E-state index in [4.69, 9.17) is 39.5 Å². The Balaban J connectivity index is 1.78. The number of hydrogen-bond donors (Lipinski definition) is 1. The van der Waals surface area contributed by atoms with E-state index in [9.17, 15) is 4.79 Å². The number of carbonyl (C=O) groups is 1. The van der Waals surface area contributed by atoms with E-state index < -0.39 is 5.60 Å². The zero-order valence-electron chi connectivity index (χ0n) is 18.2. The first-order valence-electron chi connectivity index (χ1n) is 10.4. The minimum atomic E-state index is -1.10. The van der Waals surface area contributed by atoms with Gasteiger partial charge in [0.1, 0.15) is 5.75 Å². The molecule has 3 aromatic carbocycles. The van der Waals surface area contributed by atoms with Gasteiger partial charge in [-0.05, 0) is 67.3 Å². The predicted molar refractivity (Wildman–Crippen MR) is 133 cm³/mol. The van der Waals surface area contributed by atoms with Crippen molar-refractivity contribution in [3.8, 4) is 5.75 Å². The highest BCUT2D eigenvalue weighted by molar-refractivity contribution is 6.32. The Morgan fingerprint density at radius 2 is 1.41 bits per heavy atom. The van der Waals surface area contributed by atoms with Crippen molar-refractivity contribution >= 4 is 40.7 Å². The first kappa shape index (κ1) is 24.4. The van der Waals surface area contributed by atoms with Gasteiger partial charge in [-0.1, -0.05) is 78.1 Å². The molecule has 0 aliphatic rings. The maximum Gasteiger partial charge on any atom is 0.263 e. The van der Waals surface area contributed by atoms with Crippen LogP contribution in [0.3, 0.4) is 0 Å². The van der Waals surface area contributed by atoms with Crippen molar-refractivity contribution in [3.05, 3.63) is 99.0 Å². The largest absolute Gasteiger partial charge is 0.476 e. The molecular weight excluding hydrogens is 465 g/mol. The van der Waals surface area contributed by atoms with E-state index in [-0.39, 0.29) is 17.7 Å². The second kappa shape index (κ2) is 10.6. The number of amides is 1. The van der Waals surface area contributed by atoms with Crippen LogP contribution in [0.4, 0.5) is 0 Å². The fraction of sp³-hybridized carbons (Fsp3) is 0.269. The average Bonchev–Trinajstić information content (AvgIpc) is 2.76. The number of carbonyl (C=O) groups excluding carboxylic acids is 1. The van der Waals surface area contributed by atoms with Gasteiger partial charge in [0.25, 0.3) is 5.91 Å². The van der Waals surface area contributed by atoms with Gasteiger partial charge in [-0.15, -0.1) is 0 Å². The Morgan fingerprint density at radius 3 is 1.97 bits per heavy atom. The molecule has 0 aliphatic heterocycles. The number of para-hydroxylation sites is 1. The van der Waals surface area contributed by atoms with Crippen molar-refractivity contribution in [2.24, 2.45) is 0 Å². The van der Waals surface area contributed by atoms with Crippen LogP contribution in [-0.4, -0.2) is 18.1 Å². The number of benzene rings is 3. The number of nitrogens with one attached hydrogen (secondary N) is 1. The summed E-state index contributed by atoms with van der Waals surface area (Å²) in [7, 11) is 0. The highest BCUT2D eigenvalue weighted by atomic mass is 35.5. The van der Waals surface area contributed by atoms with E-state index in [1.165, 1.54) is 0 Å². The van der Waals surface area contributed by atoms with E-state index >= 15 is 0 Å². The molecule has 2 unspecified atom stereocenters. The lowest BCUT2D eigenvalue weighted by Crippen LogP contribution is -2.48. The highest BCUT2D eigenvalue weighted by Crippen LogP contribution is 2.34. The van der Waals surface area contributed by atoms with E-state index in [1.807, 2.05) is 60.7 Å². The van der Waals surface area contributed by atoms with Crippen molar-refractivity contribution in [1.82, 2.24) is 5.32 Å². The SMILES string of the molecule is CC(c1ccc(Cl)cc1)C(CNC(=O)C(C)(C)Oc1ccccc1Cl)c1ccc(Cl)cc1. The van der Waals surface area contributed by atoms with Crippen LogP contribution in [-0.2, 0) is 4.79 Å². The summed E-state index contributed by atoms with van der Waals surface area (Å²) in [5.74, 6) is 0.396. The van der Waals surface area contributed by atoms with Gasteiger partial charge in [-0.2, -0.15) is 0 Å². The molecular formula is C26H26Cl3NO2. The summed E-state index contributed by atoms with van der Waals surface area (Å²) in [6, 6.07) is 22.6. The van der Waals surface area contributed by atoms with E-state index in [0.29, 0.717) is 27.4 Å². The number of ether oxygens (including phenoxy) is 1. The van der Waals surface area contributed by atoms with E-state index in [2.05, 4.69) is 12.2 Å². The van der Waals surface area contributed by atoms with Crippen LogP contribution in [0.1, 0.15) is 43.7 Å². The van der Waals surface area contributed by atoms with Crippen molar-refractivity contribution in [3.63, 3.8) is 0 Å². The Morgan fingerprint density at radius 1 is 0.875 bits per heavy atom. The summed E-state index contributed by atoms with van der Waals surface area (Å²) in [6.45, 7) is 6.02. The number of hydrogen-bond acceptors (Lipinski definition) is 2. The standard InChI is InChI=1S/C26H26Cl3NO2/c1-17(18-8-12-20(27)13-9-18)22(19-10-14-21(28)15-11-19)16-30-25(31)26(2,3)32-24-7-5-4-6-23(24)29/h4-15,17,22H,16H2,1-3H3,(H,30,31). The molecule has 0 spiro atoms. The molecule has 0 aromatic heterocycles. The highest BCUT2D eigenvalue weighted by Gasteiger charge is 2.32. The molecule has 3 rings (SSSR count). The van der Waals surface area contributed by atoms with Gasteiger partial charge in [0.2, 0.25) is 0 Å². The first-order valence-corrected chi connectivity index (χ1v) is 11.5. The minimum Gasteiger partial charge on any atom is -0.476 e. The smallest absolute Gasteiger partial charge is 0.263 e. The molecule has 2 atom stereocenters. The minimum absolute atomic E-state index is 0.0218. The summed E-state index contributed by atoms with van der Waals surface area (Å²) in [4.78, 5) is 13.1. The van der Waals surface area contributed by atoms with Crippen molar-refractivity contribution in [2.45, 2.75) is 38.2 Å². The Kier molecular flexibility index (Phi) is 8.10. The third-order valence-corrected chi connectivity index (χ3v) is 6.34. The van der Waals surface area contributed by atoms with Crippen molar-refractivity contribution in [1.29, 1.82) is 0 Å². The molecule has 0 fully saturated rings. The van der Waals surface area contributed by atoms with Crippen molar-refractivity contribution in [2.75, 3.05) is 6.54 Å². The summed E-state index contributed by atoms with van der Waals surface area (Å²) in [5, 5.41) is 4.90. The molecule has 6 heteroatoms. The topological polar surface area (TPSA) is 38.3 Å². The quantitative estimate of drug-likeness (QED) is 0.355. The third-order valence-electron chi connectivity index (χ3n) is 5.53. The van der Waals surface area contributed by atoms with Gasteiger partial charge < -0.3 is 10.1 Å². The fourth-order valence-corrected chi connectivity index (χ4v) is 3.98. The lowest BCUT2D eigenvalue weighted by Gasteiger charge is -2.29. The fourth-order valence-electron chi connectivity index (χ4n) is 3.56. The Bertz CT molecular complexity index is 1050. The molecule has 1 amide bonds. The van der Waals surface area contributed by atoms with Crippen LogP contribution in [0.5, 0.6) is 5.75 Å². The maximum atomic E-state index is 13.1. The normalized spacial score (nSPS) is 13.3. The van der Waals surface area contributed by atoms with Gasteiger partial charge in [0.05, 0.1) is 5.02 Å². The lowest BCUT2D eigenvalue weighted by molar-refractivity contribution is -0.134. The second-order valence-corrected chi connectivity index (χ2v) is 9.53. The number of rotatable bonds is 8. The molecule has 3 aromatic rings. The van der Waals surface area contributed by atoms with Crippen LogP contribution in [0.25, 0.3) is 0 Å². The van der Waals surface area contributed by atoms with Crippen LogP contribution in [0.2, 0.25) is 15.1 Å². The second-order valence-electron chi connectivity index (χ2n) is 8.25. The Hall–Kier alpha value is -2.20. The molecule has 1 N–H and O–H groups in total. The molecule has 32 heavy (non-hydrogen) atoms. The van der Waals surface area contributed by atoms with Gasteiger partial charge in [-0.3, -0.25) is 4.79 Å². The van der Waals surface area contributed by atoms with E-state index in [0.717, 1.165) is 11.1 Å². The monoisotopic (exact) mass is 489 g/mol. The van der Waals surface area contributed by atoms with E-state index in [1.54, 1.807) is 26.0 Å². The average molecular weight is 491 g/mol. The van der Waals surface area contributed by atoms with Crippen LogP contribution in [0, 0.1) is 0 Å². The molecule has 0 bridgehead atoms. The summed E-state index contributed by atoms with van der Waals surface area (Å²) >= 11 is 18.4. The lowest BCUT2D eigenvalue weighted by atomic mass is 9.82. The van der Waals surface area contributed by atoms with Crippen molar-refractivity contribution < 1.29 is 9.53 Å².